The lowest BCUT2D eigenvalue weighted by molar-refractivity contribution is 0.0477. The molecule has 1 aliphatic carbocycles. The van der Waals surface area contributed by atoms with E-state index in [9.17, 15) is 4.79 Å². The number of nitrogens with zero attached hydrogens (tertiary/aromatic N) is 5. The second kappa shape index (κ2) is 10.7. The van der Waals surface area contributed by atoms with E-state index in [0.29, 0.717) is 17.7 Å². The van der Waals surface area contributed by atoms with Crippen molar-refractivity contribution in [3.05, 3.63) is 83.4 Å². The average molecular weight is 472 g/mol. The van der Waals surface area contributed by atoms with Gasteiger partial charge < -0.3 is 4.90 Å². The summed E-state index contributed by atoms with van der Waals surface area (Å²) >= 11 is 0. The summed E-state index contributed by atoms with van der Waals surface area (Å²) in [6, 6.07) is 16.9. The third kappa shape index (κ3) is 5.64. The Morgan fingerprint density at radius 3 is 2.43 bits per heavy atom. The number of aromatic nitrogens is 3. The van der Waals surface area contributed by atoms with Gasteiger partial charge in [0.15, 0.2) is 0 Å². The van der Waals surface area contributed by atoms with Gasteiger partial charge in [0.2, 0.25) is 0 Å². The lowest BCUT2D eigenvalue weighted by Crippen LogP contribution is -2.50. The van der Waals surface area contributed by atoms with Crippen LogP contribution in [-0.2, 0) is 19.5 Å². The third-order valence-corrected chi connectivity index (χ3v) is 7.65. The van der Waals surface area contributed by atoms with Gasteiger partial charge in [0, 0.05) is 43.1 Å². The molecule has 0 bridgehead atoms. The van der Waals surface area contributed by atoms with E-state index in [0.717, 1.165) is 64.0 Å². The Balaban J connectivity index is 1.33. The molecule has 0 unspecified atom stereocenters. The Bertz CT molecular complexity index is 1100. The maximum atomic E-state index is 13.7. The first-order chi connectivity index (χ1) is 17.1. The normalized spacial score (nSPS) is 17.9. The Morgan fingerprint density at radius 2 is 1.80 bits per heavy atom. The van der Waals surface area contributed by atoms with Gasteiger partial charge in [0.25, 0.3) is 5.91 Å². The van der Waals surface area contributed by atoms with Crippen molar-refractivity contribution in [1.29, 1.82) is 0 Å². The standard InChI is InChI=1S/C29H37N5O/c1-3-33-21-25(22(2)31-33)20-32-17-14-24(15-18-32)28(19-23-9-5-4-6-10-23)34(26-12-13-26)29(35)27-11-7-8-16-30-27/h4-11,16,21,24,26,28H,3,12-15,17-20H2,1-2H3/t28-/m1/s1. The van der Waals surface area contributed by atoms with Crippen molar-refractivity contribution in [2.24, 2.45) is 5.92 Å². The zero-order chi connectivity index (χ0) is 24.2. The predicted molar refractivity (Wildman–Crippen MR) is 138 cm³/mol. The molecule has 1 aromatic carbocycles. The van der Waals surface area contributed by atoms with Crippen LogP contribution in [-0.4, -0.2) is 55.6 Å². The Hall–Kier alpha value is -2.99. The van der Waals surface area contributed by atoms with Crippen molar-refractivity contribution in [3.8, 4) is 0 Å². The maximum absolute atomic E-state index is 13.7. The molecule has 0 N–H and O–H groups in total. The van der Waals surface area contributed by atoms with E-state index in [1.807, 2.05) is 22.9 Å². The molecule has 0 spiro atoms. The van der Waals surface area contributed by atoms with Gasteiger partial charge in [0.05, 0.1) is 5.69 Å². The SMILES string of the molecule is CCn1cc(CN2CCC([C@@H](Cc3ccccc3)N(C(=O)c3ccccn3)C3CC3)CC2)c(C)n1. The Labute approximate surface area is 209 Å². The highest BCUT2D eigenvalue weighted by Crippen LogP contribution is 2.36. The van der Waals surface area contributed by atoms with Gasteiger partial charge in [-0.25, -0.2) is 0 Å². The van der Waals surface area contributed by atoms with Gasteiger partial charge in [-0.15, -0.1) is 0 Å². The molecule has 6 heteroatoms. The van der Waals surface area contributed by atoms with E-state index in [2.05, 4.69) is 70.3 Å². The van der Waals surface area contributed by atoms with Crippen LogP contribution < -0.4 is 0 Å². The first kappa shape index (κ1) is 23.7. The number of hydrogen-bond donors (Lipinski definition) is 0. The van der Waals surface area contributed by atoms with E-state index in [1.165, 1.54) is 11.1 Å². The second-order valence-corrected chi connectivity index (χ2v) is 10.1. The van der Waals surface area contributed by atoms with Crippen molar-refractivity contribution < 1.29 is 4.79 Å². The Kier molecular flexibility index (Phi) is 7.28. The van der Waals surface area contributed by atoms with E-state index in [4.69, 9.17) is 0 Å². The lowest BCUT2D eigenvalue weighted by Gasteiger charge is -2.41. The minimum atomic E-state index is 0.0964. The number of carbonyl (C=O) groups excluding carboxylic acids is 1. The van der Waals surface area contributed by atoms with Crippen molar-refractivity contribution in [1.82, 2.24) is 24.6 Å². The summed E-state index contributed by atoms with van der Waals surface area (Å²) in [5.74, 6) is 0.582. The van der Waals surface area contributed by atoms with E-state index in [-0.39, 0.29) is 11.9 Å². The molecule has 6 nitrogen and oxygen atoms in total. The molecule has 1 saturated heterocycles. The van der Waals surface area contributed by atoms with Gasteiger partial charge in [-0.05, 0) is 82.7 Å². The highest BCUT2D eigenvalue weighted by Gasteiger charge is 2.42. The molecule has 1 saturated carbocycles. The van der Waals surface area contributed by atoms with Gasteiger partial charge in [-0.3, -0.25) is 19.4 Å². The van der Waals surface area contributed by atoms with Crippen LogP contribution in [0.25, 0.3) is 0 Å². The van der Waals surface area contributed by atoms with E-state index in [1.54, 1.807) is 6.20 Å². The van der Waals surface area contributed by atoms with Crippen molar-refractivity contribution >= 4 is 5.91 Å². The fourth-order valence-corrected chi connectivity index (χ4v) is 5.52. The molecule has 1 atom stereocenters. The number of rotatable bonds is 9. The van der Waals surface area contributed by atoms with Gasteiger partial charge in [-0.2, -0.15) is 5.10 Å². The monoisotopic (exact) mass is 471 g/mol. The van der Waals surface area contributed by atoms with Crippen molar-refractivity contribution in [3.63, 3.8) is 0 Å². The second-order valence-electron chi connectivity index (χ2n) is 10.1. The molecule has 2 aliphatic rings. The molecular weight excluding hydrogens is 434 g/mol. The molecule has 2 fully saturated rings. The van der Waals surface area contributed by atoms with Crippen molar-refractivity contribution in [2.45, 2.75) is 71.1 Å². The van der Waals surface area contributed by atoms with Crippen LogP contribution in [0.4, 0.5) is 0 Å². The summed E-state index contributed by atoms with van der Waals surface area (Å²) in [6.45, 7) is 8.23. The number of aryl methyl sites for hydroxylation is 2. The minimum Gasteiger partial charge on any atom is -0.331 e. The lowest BCUT2D eigenvalue weighted by atomic mass is 9.84. The van der Waals surface area contributed by atoms with Gasteiger partial charge in [0.1, 0.15) is 5.69 Å². The molecule has 0 radical (unpaired) electrons. The van der Waals surface area contributed by atoms with Crippen LogP contribution >= 0.6 is 0 Å². The average Bonchev–Trinajstić information content (AvgIpc) is 3.67. The molecule has 1 amide bonds. The highest BCUT2D eigenvalue weighted by atomic mass is 16.2. The summed E-state index contributed by atoms with van der Waals surface area (Å²) in [6.07, 6.45) is 9.25. The van der Waals surface area contributed by atoms with Crippen LogP contribution in [0, 0.1) is 12.8 Å². The number of piperidine rings is 1. The smallest absolute Gasteiger partial charge is 0.272 e. The van der Waals surface area contributed by atoms with E-state index >= 15 is 0 Å². The molecular formula is C29H37N5O. The van der Waals surface area contributed by atoms with Crippen molar-refractivity contribution in [2.75, 3.05) is 13.1 Å². The van der Waals surface area contributed by atoms with Gasteiger partial charge >= 0.3 is 0 Å². The molecule has 184 valence electrons. The topological polar surface area (TPSA) is 54.3 Å². The quantitative estimate of drug-likeness (QED) is 0.453. The van der Waals surface area contributed by atoms with E-state index < -0.39 is 0 Å². The molecule has 3 aromatic rings. The summed E-state index contributed by atoms with van der Waals surface area (Å²) in [7, 11) is 0. The molecule has 2 aromatic heterocycles. The predicted octanol–water partition coefficient (Wildman–Crippen LogP) is 4.73. The first-order valence-corrected chi connectivity index (χ1v) is 13.1. The molecule has 3 heterocycles. The van der Waals surface area contributed by atoms with Gasteiger partial charge in [-0.1, -0.05) is 36.4 Å². The zero-order valence-corrected chi connectivity index (χ0v) is 21.0. The number of pyridine rings is 1. The fourth-order valence-electron chi connectivity index (χ4n) is 5.52. The number of carbonyl (C=O) groups is 1. The van der Waals surface area contributed by atoms with Crippen LogP contribution in [0.5, 0.6) is 0 Å². The molecule has 35 heavy (non-hydrogen) atoms. The minimum absolute atomic E-state index is 0.0964. The fraction of sp³-hybridized carbons (Fsp3) is 0.483. The summed E-state index contributed by atoms with van der Waals surface area (Å²) in [5.41, 5.74) is 4.34. The Morgan fingerprint density at radius 1 is 1.06 bits per heavy atom. The third-order valence-electron chi connectivity index (χ3n) is 7.65. The number of likely N-dealkylation sites (tertiary alicyclic amines) is 1. The molecule has 5 rings (SSSR count). The number of benzene rings is 1. The van der Waals surface area contributed by atoms with Crippen LogP contribution in [0.3, 0.4) is 0 Å². The number of amides is 1. The summed E-state index contributed by atoms with van der Waals surface area (Å²) < 4.78 is 2.03. The summed E-state index contributed by atoms with van der Waals surface area (Å²) in [4.78, 5) is 22.9. The maximum Gasteiger partial charge on any atom is 0.272 e. The largest absolute Gasteiger partial charge is 0.331 e. The van der Waals surface area contributed by atoms with Crippen LogP contribution in [0.1, 0.15) is 59.9 Å². The highest BCUT2D eigenvalue weighted by molar-refractivity contribution is 5.93. The first-order valence-electron chi connectivity index (χ1n) is 13.1. The van der Waals surface area contributed by atoms with Crippen LogP contribution in [0.2, 0.25) is 0 Å². The number of hydrogen-bond acceptors (Lipinski definition) is 4. The molecule has 1 aliphatic heterocycles. The zero-order valence-electron chi connectivity index (χ0n) is 21.0. The summed E-state index contributed by atoms with van der Waals surface area (Å²) in [5, 5.41) is 4.62. The van der Waals surface area contributed by atoms with Crippen LogP contribution in [0.15, 0.2) is 60.9 Å².